The molecule has 0 amide bonds. The molecule has 0 saturated carbocycles. The Balaban J connectivity index is 1.40. The summed E-state index contributed by atoms with van der Waals surface area (Å²) < 4.78 is 17.1. The summed E-state index contributed by atoms with van der Waals surface area (Å²) in [6, 6.07) is 14.4. The lowest BCUT2D eigenvalue weighted by molar-refractivity contribution is -0.554. The van der Waals surface area contributed by atoms with Gasteiger partial charge in [-0.05, 0) is 42.3 Å². The minimum Gasteiger partial charge on any atom is -0.454 e. The first-order valence-corrected chi connectivity index (χ1v) is 10.7. The van der Waals surface area contributed by atoms with Gasteiger partial charge in [0, 0.05) is 0 Å². The van der Waals surface area contributed by atoms with Gasteiger partial charge in [-0.2, -0.15) is 0 Å². The molecule has 4 heterocycles. The van der Waals surface area contributed by atoms with Crippen LogP contribution in [0.1, 0.15) is 18.5 Å². The van der Waals surface area contributed by atoms with E-state index in [9.17, 15) is 9.59 Å². The maximum Gasteiger partial charge on any atom is 0.352 e. The van der Waals surface area contributed by atoms with Crippen molar-refractivity contribution >= 4 is 5.96 Å². The summed E-state index contributed by atoms with van der Waals surface area (Å²) in [6.45, 7) is 3.44. The van der Waals surface area contributed by atoms with Crippen LogP contribution in [0.25, 0.3) is 5.69 Å². The van der Waals surface area contributed by atoms with Gasteiger partial charge in [-0.15, -0.1) is 0 Å². The van der Waals surface area contributed by atoms with Gasteiger partial charge < -0.3 is 9.47 Å². The molecule has 10 nitrogen and oxygen atoms in total. The number of hydrogen-bond donors (Lipinski definition) is 2. The molecule has 0 saturated heterocycles. The van der Waals surface area contributed by atoms with Crippen molar-refractivity contribution < 1.29 is 14.0 Å². The van der Waals surface area contributed by atoms with E-state index in [0.717, 1.165) is 22.6 Å². The molecule has 0 bridgehead atoms. The smallest absolute Gasteiger partial charge is 0.352 e. The highest BCUT2D eigenvalue weighted by molar-refractivity contribution is 5.76. The number of guanidine groups is 1. The number of allylic oxidation sites excluding steroid dienone is 1. The fourth-order valence-corrected chi connectivity index (χ4v) is 4.75. The van der Waals surface area contributed by atoms with Crippen LogP contribution in [0.2, 0.25) is 0 Å². The third-order valence-electron chi connectivity index (χ3n) is 6.36. The number of rotatable bonds is 3. The first-order chi connectivity index (χ1) is 16.0. The first-order valence-electron chi connectivity index (χ1n) is 10.7. The molecule has 3 N–H and O–H groups in total. The third-order valence-corrected chi connectivity index (χ3v) is 6.36. The summed E-state index contributed by atoms with van der Waals surface area (Å²) in [5.41, 5.74) is 9.03. The number of para-hydroxylation sites is 1. The highest BCUT2D eigenvalue weighted by atomic mass is 16.7. The molecule has 3 aromatic rings. The zero-order valence-electron chi connectivity index (χ0n) is 18.0. The molecule has 1 unspecified atom stereocenters. The molecule has 2 aromatic carbocycles. The molecule has 6 rings (SSSR count). The van der Waals surface area contributed by atoms with Gasteiger partial charge in [0.05, 0.1) is 25.3 Å². The average molecular weight is 447 g/mol. The van der Waals surface area contributed by atoms with Crippen LogP contribution in [0, 0.1) is 0 Å². The van der Waals surface area contributed by atoms with Crippen LogP contribution in [-0.4, -0.2) is 37.8 Å². The molecule has 168 valence electrons. The summed E-state index contributed by atoms with van der Waals surface area (Å²) in [4.78, 5) is 26.6. The van der Waals surface area contributed by atoms with Crippen LogP contribution in [0.4, 0.5) is 0 Å². The van der Waals surface area contributed by atoms with Crippen LogP contribution in [0.3, 0.4) is 0 Å². The van der Waals surface area contributed by atoms with Gasteiger partial charge in [0.2, 0.25) is 6.79 Å². The SMILES string of the molecule is CC1=C2NC(N)=[N+](Cc3ccc4c(c3)OCO4)CC2n2c(=O)n(-c3ccccc3)c(=O)n2C1. The topological polar surface area (TPSA) is 108 Å². The van der Waals surface area contributed by atoms with E-state index in [0.29, 0.717) is 37.0 Å². The summed E-state index contributed by atoms with van der Waals surface area (Å²) in [5.74, 6) is 1.93. The summed E-state index contributed by atoms with van der Waals surface area (Å²) >= 11 is 0. The predicted molar refractivity (Wildman–Crippen MR) is 120 cm³/mol. The van der Waals surface area contributed by atoms with Crippen LogP contribution in [0.15, 0.2) is 69.4 Å². The predicted octanol–water partition coefficient (Wildman–Crippen LogP) is 0.489. The van der Waals surface area contributed by atoms with E-state index in [2.05, 4.69) is 5.32 Å². The standard InChI is InChI=1S/C23H22N6O4/c1-14-10-27-22(30)28(16-5-3-2-4-6-16)23(31)29(27)17-12-26(21(24)25-20(14)17)11-15-7-8-18-19(9-15)33-13-32-18/h2-9,17H,10-13H2,1H3,(H2,24,25)/p+1. The highest BCUT2D eigenvalue weighted by Gasteiger charge is 2.38. The molecular formula is C23H23N6O4+. The number of ether oxygens (including phenoxy) is 2. The molecule has 3 aliphatic rings. The molecular weight excluding hydrogens is 424 g/mol. The molecule has 0 spiro atoms. The fourth-order valence-electron chi connectivity index (χ4n) is 4.75. The van der Waals surface area contributed by atoms with E-state index >= 15 is 0 Å². The molecule has 10 heteroatoms. The molecule has 33 heavy (non-hydrogen) atoms. The quantitative estimate of drug-likeness (QED) is 0.566. The maximum atomic E-state index is 13.4. The minimum atomic E-state index is -0.370. The normalized spacial score (nSPS) is 18.8. The van der Waals surface area contributed by atoms with Crippen molar-refractivity contribution in [1.82, 2.24) is 19.2 Å². The summed E-state index contributed by atoms with van der Waals surface area (Å²) in [6.07, 6.45) is 0. The number of fused-ring (bicyclic) bond motifs is 4. The molecule has 1 atom stereocenters. The van der Waals surface area contributed by atoms with E-state index in [1.165, 1.54) is 9.25 Å². The van der Waals surface area contributed by atoms with E-state index in [-0.39, 0.29) is 24.2 Å². The van der Waals surface area contributed by atoms with E-state index in [4.69, 9.17) is 15.2 Å². The highest BCUT2D eigenvalue weighted by Crippen LogP contribution is 2.33. The number of nitrogens with two attached hydrogens (primary N) is 1. The van der Waals surface area contributed by atoms with Gasteiger partial charge >= 0.3 is 17.3 Å². The second-order valence-electron chi connectivity index (χ2n) is 8.43. The lowest BCUT2D eigenvalue weighted by atomic mass is 10.0. The first kappa shape index (κ1) is 19.5. The lowest BCUT2D eigenvalue weighted by Crippen LogP contribution is -2.53. The van der Waals surface area contributed by atoms with Crippen molar-refractivity contribution in [2.75, 3.05) is 13.3 Å². The van der Waals surface area contributed by atoms with Crippen LogP contribution in [0.5, 0.6) is 11.5 Å². The Morgan fingerprint density at radius 3 is 2.70 bits per heavy atom. The Morgan fingerprint density at radius 2 is 1.88 bits per heavy atom. The van der Waals surface area contributed by atoms with E-state index in [1.807, 2.05) is 47.9 Å². The van der Waals surface area contributed by atoms with Crippen molar-refractivity contribution in [3.05, 3.63) is 86.3 Å². The number of benzene rings is 2. The Kier molecular flexibility index (Phi) is 4.22. The summed E-state index contributed by atoms with van der Waals surface area (Å²) in [5, 5.41) is 3.29. The van der Waals surface area contributed by atoms with Crippen molar-refractivity contribution in [3.8, 4) is 17.2 Å². The Morgan fingerprint density at radius 1 is 1.09 bits per heavy atom. The molecule has 0 radical (unpaired) electrons. The maximum absolute atomic E-state index is 13.4. The zero-order valence-corrected chi connectivity index (χ0v) is 18.0. The zero-order chi connectivity index (χ0) is 22.7. The number of aromatic nitrogens is 3. The van der Waals surface area contributed by atoms with Gasteiger partial charge in [-0.1, -0.05) is 24.3 Å². The number of hydrogen-bond acceptors (Lipinski definition) is 6. The van der Waals surface area contributed by atoms with Crippen molar-refractivity contribution in [3.63, 3.8) is 0 Å². The van der Waals surface area contributed by atoms with Gasteiger partial charge in [0.25, 0.3) is 0 Å². The Hall–Kier alpha value is -4.21. The number of nitrogens with one attached hydrogen (secondary N) is 1. The second-order valence-corrected chi connectivity index (χ2v) is 8.43. The lowest BCUT2D eigenvalue weighted by Gasteiger charge is -2.32. The average Bonchev–Trinajstić information content (AvgIpc) is 3.37. The van der Waals surface area contributed by atoms with Crippen LogP contribution in [-0.2, 0) is 13.1 Å². The fraction of sp³-hybridized carbons (Fsp3) is 0.261. The van der Waals surface area contributed by atoms with Gasteiger partial charge in [0.15, 0.2) is 11.5 Å². The van der Waals surface area contributed by atoms with E-state index < -0.39 is 0 Å². The van der Waals surface area contributed by atoms with E-state index in [1.54, 1.807) is 16.8 Å². The number of nitrogens with zero attached hydrogens (tertiary/aromatic N) is 4. The van der Waals surface area contributed by atoms with Crippen molar-refractivity contribution in [2.45, 2.75) is 26.1 Å². The second kappa shape index (κ2) is 7.16. The van der Waals surface area contributed by atoms with Crippen LogP contribution < -0.4 is 31.9 Å². The van der Waals surface area contributed by atoms with Crippen LogP contribution >= 0.6 is 0 Å². The molecule has 3 aliphatic heterocycles. The van der Waals surface area contributed by atoms with Gasteiger partial charge in [0.1, 0.15) is 11.7 Å². The molecule has 1 aromatic heterocycles. The monoisotopic (exact) mass is 447 g/mol. The van der Waals surface area contributed by atoms with Gasteiger partial charge in [-0.25, -0.2) is 28.8 Å². The Labute approximate surface area is 188 Å². The molecule has 0 aliphatic carbocycles. The molecule has 0 fully saturated rings. The van der Waals surface area contributed by atoms with Crippen molar-refractivity contribution in [1.29, 1.82) is 0 Å². The summed E-state index contributed by atoms with van der Waals surface area (Å²) in [7, 11) is 0. The van der Waals surface area contributed by atoms with Gasteiger partial charge in [-0.3, -0.25) is 10.3 Å². The third kappa shape index (κ3) is 2.98. The Bertz CT molecular complexity index is 1460. The largest absolute Gasteiger partial charge is 0.454 e. The minimum absolute atomic E-state index is 0.215. The van der Waals surface area contributed by atoms with Crippen molar-refractivity contribution in [2.24, 2.45) is 5.73 Å².